The van der Waals surface area contributed by atoms with Crippen molar-refractivity contribution in [2.45, 2.75) is 33.7 Å². The third kappa shape index (κ3) is 3.77. The minimum Gasteiger partial charge on any atom is -0.376 e. The van der Waals surface area contributed by atoms with E-state index in [4.69, 9.17) is 4.52 Å². The smallest absolute Gasteiger partial charge is 0.245 e. The summed E-state index contributed by atoms with van der Waals surface area (Å²) in [7, 11) is 0. The van der Waals surface area contributed by atoms with Gasteiger partial charge in [-0.2, -0.15) is 4.98 Å². The molecule has 0 saturated carbocycles. The van der Waals surface area contributed by atoms with Gasteiger partial charge in [0.15, 0.2) is 5.82 Å². The molecule has 0 bridgehead atoms. The molecule has 0 aliphatic carbocycles. The van der Waals surface area contributed by atoms with E-state index in [1.54, 1.807) is 6.07 Å². The van der Waals surface area contributed by atoms with Crippen LogP contribution < -0.4 is 5.32 Å². The molecule has 1 N–H and O–H groups in total. The number of nitrogens with zero attached hydrogens (tertiary/aromatic N) is 2. The van der Waals surface area contributed by atoms with Gasteiger partial charge in [0.2, 0.25) is 5.89 Å². The van der Waals surface area contributed by atoms with Crippen molar-refractivity contribution >= 4 is 5.69 Å². The second-order valence-electron chi connectivity index (χ2n) is 5.02. The van der Waals surface area contributed by atoms with Crippen LogP contribution in [-0.4, -0.2) is 10.1 Å². The van der Waals surface area contributed by atoms with Crippen LogP contribution in [0.1, 0.15) is 31.1 Å². The van der Waals surface area contributed by atoms with Gasteiger partial charge < -0.3 is 9.84 Å². The van der Waals surface area contributed by atoms with Crippen molar-refractivity contribution < 1.29 is 8.91 Å². The zero-order valence-corrected chi connectivity index (χ0v) is 11.4. The highest BCUT2D eigenvalue weighted by Gasteiger charge is 2.08. The van der Waals surface area contributed by atoms with E-state index >= 15 is 0 Å². The van der Waals surface area contributed by atoms with Crippen LogP contribution in [0.2, 0.25) is 0 Å². The van der Waals surface area contributed by atoms with Crippen LogP contribution in [0.3, 0.4) is 0 Å². The summed E-state index contributed by atoms with van der Waals surface area (Å²) in [5.41, 5.74) is 1.71. The van der Waals surface area contributed by atoms with Gasteiger partial charge in [0, 0.05) is 12.1 Å². The largest absolute Gasteiger partial charge is 0.376 e. The van der Waals surface area contributed by atoms with Gasteiger partial charge in [-0.3, -0.25) is 0 Å². The lowest BCUT2D eigenvalue weighted by Gasteiger charge is -2.06. The molecule has 0 radical (unpaired) electrons. The Morgan fingerprint density at radius 3 is 2.84 bits per heavy atom. The van der Waals surface area contributed by atoms with E-state index < -0.39 is 0 Å². The molecule has 1 aromatic heterocycles. The molecule has 102 valence electrons. The summed E-state index contributed by atoms with van der Waals surface area (Å²) in [5, 5.41) is 7.08. The van der Waals surface area contributed by atoms with Crippen LogP contribution in [0, 0.1) is 18.7 Å². The van der Waals surface area contributed by atoms with Gasteiger partial charge >= 0.3 is 0 Å². The molecule has 2 rings (SSSR count). The molecule has 0 spiro atoms. The van der Waals surface area contributed by atoms with Gasteiger partial charge in [-0.05, 0) is 36.6 Å². The minimum absolute atomic E-state index is 0.236. The molecule has 2 aromatic rings. The molecule has 0 aliphatic heterocycles. The maximum Gasteiger partial charge on any atom is 0.245 e. The zero-order chi connectivity index (χ0) is 13.8. The number of halogens is 1. The molecule has 1 heterocycles. The van der Waals surface area contributed by atoms with Crippen molar-refractivity contribution in [2.24, 2.45) is 5.92 Å². The van der Waals surface area contributed by atoms with Crippen molar-refractivity contribution in [1.29, 1.82) is 0 Å². The van der Waals surface area contributed by atoms with Crippen molar-refractivity contribution in [3.8, 4) is 0 Å². The summed E-state index contributed by atoms with van der Waals surface area (Å²) in [4.78, 5) is 4.30. The second-order valence-corrected chi connectivity index (χ2v) is 5.02. The molecule has 0 unspecified atom stereocenters. The van der Waals surface area contributed by atoms with E-state index in [2.05, 4.69) is 29.3 Å². The Balaban J connectivity index is 1.96. The Morgan fingerprint density at radius 1 is 1.37 bits per heavy atom. The van der Waals surface area contributed by atoms with E-state index in [0.29, 0.717) is 18.4 Å². The summed E-state index contributed by atoms with van der Waals surface area (Å²) in [5.74, 6) is 1.53. The zero-order valence-electron chi connectivity index (χ0n) is 11.4. The normalized spacial score (nSPS) is 11.0. The molecule has 0 saturated heterocycles. The monoisotopic (exact) mass is 263 g/mol. The lowest BCUT2D eigenvalue weighted by molar-refractivity contribution is 0.375. The summed E-state index contributed by atoms with van der Waals surface area (Å²) in [6.45, 7) is 6.51. The lowest BCUT2D eigenvalue weighted by atomic mass is 10.1. The Labute approximate surface area is 112 Å². The molecule has 0 fully saturated rings. The molecule has 19 heavy (non-hydrogen) atoms. The molecular formula is C14H18FN3O. The van der Waals surface area contributed by atoms with Crippen molar-refractivity contribution in [3.05, 3.63) is 41.3 Å². The molecule has 0 aliphatic rings. The molecule has 5 heteroatoms. The standard InChI is InChI=1S/C14H18FN3O/c1-9(2)6-13-17-14(19-18-13)8-16-12-5-4-11(15)7-10(12)3/h4-5,7,9,16H,6,8H2,1-3H3. The molecule has 0 atom stereocenters. The second kappa shape index (κ2) is 5.82. The highest BCUT2D eigenvalue weighted by Crippen LogP contribution is 2.16. The number of hydrogen-bond donors (Lipinski definition) is 1. The first-order chi connectivity index (χ1) is 9.04. The third-order valence-electron chi connectivity index (χ3n) is 2.72. The Morgan fingerprint density at radius 2 is 2.16 bits per heavy atom. The average Bonchev–Trinajstić information content (AvgIpc) is 2.74. The minimum atomic E-state index is -0.236. The summed E-state index contributed by atoms with van der Waals surface area (Å²) in [6.07, 6.45) is 0.805. The molecule has 4 nitrogen and oxygen atoms in total. The fourth-order valence-electron chi connectivity index (χ4n) is 1.81. The maximum atomic E-state index is 13.0. The summed E-state index contributed by atoms with van der Waals surface area (Å²) < 4.78 is 18.1. The van der Waals surface area contributed by atoms with Crippen LogP contribution in [-0.2, 0) is 13.0 Å². The number of anilines is 1. The van der Waals surface area contributed by atoms with Crippen LogP contribution in [0.15, 0.2) is 22.7 Å². The number of rotatable bonds is 5. The topological polar surface area (TPSA) is 51.0 Å². The maximum absolute atomic E-state index is 13.0. The van der Waals surface area contributed by atoms with E-state index in [9.17, 15) is 4.39 Å². The first-order valence-electron chi connectivity index (χ1n) is 6.36. The predicted octanol–water partition coefficient (Wildman–Crippen LogP) is 3.33. The fourth-order valence-corrected chi connectivity index (χ4v) is 1.81. The molecular weight excluding hydrogens is 245 g/mol. The quantitative estimate of drug-likeness (QED) is 0.899. The van der Waals surface area contributed by atoms with Gasteiger partial charge in [-0.15, -0.1) is 0 Å². The lowest BCUT2D eigenvalue weighted by Crippen LogP contribution is -2.02. The van der Waals surface area contributed by atoms with Crippen molar-refractivity contribution in [1.82, 2.24) is 10.1 Å². The first-order valence-corrected chi connectivity index (χ1v) is 6.36. The Kier molecular flexibility index (Phi) is 4.14. The van der Waals surface area contributed by atoms with Gasteiger partial charge in [0.25, 0.3) is 0 Å². The van der Waals surface area contributed by atoms with Gasteiger partial charge in [0.1, 0.15) is 5.82 Å². The summed E-state index contributed by atoms with van der Waals surface area (Å²) in [6, 6.07) is 4.61. The van der Waals surface area contributed by atoms with Crippen molar-refractivity contribution in [3.63, 3.8) is 0 Å². The van der Waals surface area contributed by atoms with E-state index in [-0.39, 0.29) is 5.82 Å². The van der Waals surface area contributed by atoms with Gasteiger partial charge in [-0.25, -0.2) is 4.39 Å². The van der Waals surface area contributed by atoms with Crippen LogP contribution in [0.5, 0.6) is 0 Å². The Bertz CT molecular complexity index is 551. The van der Waals surface area contributed by atoms with Crippen LogP contribution in [0.4, 0.5) is 10.1 Å². The highest BCUT2D eigenvalue weighted by molar-refractivity contribution is 5.50. The van der Waals surface area contributed by atoms with Crippen LogP contribution in [0.25, 0.3) is 0 Å². The van der Waals surface area contributed by atoms with Crippen molar-refractivity contribution in [2.75, 3.05) is 5.32 Å². The predicted molar refractivity (Wildman–Crippen MR) is 71.3 cm³/mol. The number of aromatic nitrogens is 2. The van der Waals surface area contributed by atoms with Gasteiger partial charge in [0.05, 0.1) is 6.54 Å². The average molecular weight is 263 g/mol. The van der Waals surface area contributed by atoms with E-state index in [1.165, 1.54) is 12.1 Å². The number of hydrogen-bond acceptors (Lipinski definition) is 4. The SMILES string of the molecule is Cc1cc(F)ccc1NCc1nc(CC(C)C)no1. The number of aryl methyl sites for hydroxylation is 1. The first kappa shape index (κ1) is 13.5. The summed E-state index contributed by atoms with van der Waals surface area (Å²) >= 11 is 0. The van der Waals surface area contributed by atoms with E-state index in [1.807, 2.05) is 6.92 Å². The van der Waals surface area contributed by atoms with Gasteiger partial charge in [-0.1, -0.05) is 19.0 Å². The van der Waals surface area contributed by atoms with Crippen LogP contribution >= 0.6 is 0 Å². The number of nitrogens with one attached hydrogen (secondary N) is 1. The third-order valence-corrected chi connectivity index (χ3v) is 2.72. The highest BCUT2D eigenvalue weighted by atomic mass is 19.1. The Hall–Kier alpha value is -1.91. The fraction of sp³-hybridized carbons (Fsp3) is 0.429. The molecule has 1 aromatic carbocycles. The van der Waals surface area contributed by atoms with E-state index in [0.717, 1.165) is 23.5 Å². The number of benzene rings is 1. The molecule has 0 amide bonds.